The first-order chi connectivity index (χ1) is 13.4. The Hall–Kier alpha value is -3.74. The highest BCUT2D eigenvalue weighted by Crippen LogP contribution is 2.20. The summed E-state index contributed by atoms with van der Waals surface area (Å²) < 4.78 is 2.13. The van der Waals surface area contributed by atoms with Gasteiger partial charge in [-0.05, 0) is 56.7 Å². The molecule has 1 amide bonds. The van der Waals surface area contributed by atoms with E-state index in [4.69, 9.17) is 0 Å². The van der Waals surface area contributed by atoms with Gasteiger partial charge in [-0.1, -0.05) is 12.1 Å². The number of aromatic nitrogens is 1. The summed E-state index contributed by atoms with van der Waals surface area (Å²) >= 11 is 0. The average Bonchev–Trinajstić information content (AvgIpc) is 2.95. The molecule has 0 fully saturated rings. The van der Waals surface area contributed by atoms with Gasteiger partial charge < -0.3 is 4.57 Å². The Morgan fingerprint density at radius 3 is 2.46 bits per heavy atom. The molecule has 0 spiro atoms. The summed E-state index contributed by atoms with van der Waals surface area (Å²) in [5, 5.41) is 14.7. The standard InChI is InChI=1S/C21H20N4O3/c1-14-5-4-6-20(11-14)24-15(2)12-18(16(24)3)13-22-23-21(26)17-7-9-19(10-8-17)25(27)28/h4-13H,1-3H3,(H,23,26)/b22-13-. The van der Waals surface area contributed by atoms with Crippen LogP contribution >= 0.6 is 0 Å². The molecule has 142 valence electrons. The van der Waals surface area contributed by atoms with Crippen molar-refractivity contribution in [3.8, 4) is 5.69 Å². The van der Waals surface area contributed by atoms with Crippen LogP contribution in [-0.4, -0.2) is 21.6 Å². The molecule has 28 heavy (non-hydrogen) atoms. The summed E-state index contributed by atoms with van der Waals surface area (Å²) in [5.74, 6) is -0.432. The minimum Gasteiger partial charge on any atom is -0.318 e. The fraction of sp³-hybridized carbons (Fsp3) is 0.143. The lowest BCUT2D eigenvalue weighted by Gasteiger charge is -2.10. The highest BCUT2D eigenvalue weighted by atomic mass is 16.6. The van der Waals surface area contributed by atoms with E-state index in [9.17, 15) is 14.9 Å². The maximum atomic E-state index is 12.1. The predicted octanol–water partition coefficient (Wildman–Crippen LogP) is 4.07. The molecule has 0 saturated heterocycles. The van der Waals surface area contributed by atoms with E-state index < -0.39 is 10.8 Å². The Bertz CT molecular complexity index is 1070. The molecular formula is C21H20N4O3. The van der Waals surface area contributed by atoms with E-state index in [1.165, 1.54) is 29.8 Å². The number of nitrogens with one attached hydrogen (secondary N) is 1. The molecule has 0 atom stereocenters. The van der Waals surface area contributed by atoms with Crippen molar-refractivity contribution >= 4 is 17.8 Å². The van der Waals surface area contributed by atoms with Crippen molar-refractivity contribution in [1.29, 1.82) is 0 Å². The van der Waals surface area contributed by atoms with Gasteiger partial charge in [0.1, 0.15) is 0 Å². The molecule has 3 aromatic rings. The smallest absolute Gasteiger partial charge is 0.271 e. The molecule has 0 saturated carbocycles. The van der Waals surface area contributed by atoms with Crippen LogP contribution in [0.3, 0.4) is 0 Å². The van der Waals surface area contributed by atoms with Crippen LogP contribution in [0.4, 0.5) is 5.69 Å². The number of amides is 1. The van der Waals surface area contributed by atoms with Crippen LogP contribution in [0.25, 0.3) is 5.69 Å². The number of nitrogens with zero attached hydrogens (tertiary/aromatic N) is 3. The zero-order chi connectivity index (χ0) is 20.3. The van der Waals surface area contributed by atoms with E-state index in [1.807, 2.05) is 45.0 Å². The van der Waals surface area contributed by atoms with Gasteiger partial charge in [-0.2, -0.15) is 5.10 Å². The second-order valence-electron chi connectivity index (χ2n) is 6.50. The average molecular weight is 376 g/mol. The Balaban J connectivity index is 1.75. The van der Waals surface area contributed by atoms with Crippen molar-refractivity contribution < 1.29 is 9.72 Å². The van der Waals surface area contributed by atoms with Crippen LogP contribution < -0.4 is 5.43 Å². The Kier molecular flexibility index (Phi) is 5.35. The fourth-order valence-electron chi connectivity index (χ4n) is 3.04. The second kappa shape index (κ2) is 7.87. The van der Waals surface area contributed by atoms with Crippen molar-refractivity contribution in [2.24, 2.45) is 5.10 Å². The number of non-ortho nitro benzene ring substituents is 1. The van der Waals surface area contributed by atoms with Gasteiger partial charge in [-0.15, -0.1) is 0 Å². The zero-order valence-corrected chi connectivity index (χ0v) is 15.8. The molecule has 0 radical (unpaired) electrons. The molecular weight excluding hydrogens is 356 g/mol. The maximum Gasteiger partial charge on any atom is 0.271 e. The van der Waals surface area contributed by atoms with Gasteiger partial charge in [-0.3, -0.25) is 14.9 Å². The number of nitro groups is 1. The molecule has 1 N–H and O–H groups in total. The lowest BCUT2D eigenvalue weighted by atomic mass is 10.2. The third-order valence-corrected chi connectivity index (χ3v) is 4.44. The van der Waals surface area contributed by atoms with Crippen molar-refractivity contribution in [2.45, 2.75) is 20.8 Å². The number of nitro benzene ring substituents is 1. The van der Waals surface area contributed by atoms with E-state index in [0.29, 0.717) is 5.56 Å². The molecule has 0 aliphatic rings. The molecule has 0 bridgehead atoms. The molecule has 0 unspecified atom stereocenters. The SMILES string of the molecule is Cc1cccc(-n2c(C)cc(/C=N\NC(=O)c3ccc([N+](=O)[O-])cc3)c2C)c1. The lowest BCUT2D eigenvalue weighted by molar-refractivity contribution is -0.384. The van der Waals surface area contributed by atoms with E-state index in [-0.39, 0.29) is 5.69 Å². The van der Waals surface area contributed by atoms with E-state index in [1.54, 1.807) is 6.21 Å². The highest BCUT2D eigenvalue weighted by Gasteiger charge is 2.11. The molecule has 1 aromatic heterocycles. The molecule has 0 aliphatic heterocycles. The molecule has 3 rings (SSSR count). The number of carbonyl (C=O) groups excluding carboxylic acids is 1. The van der Waals surface area contributed by atoms with Gasteiger partial charge >= 0.3 is 0 Å². The molecule has 7 nitrogen and oxygen atoms in total. The number of carbonyl (C=O) groups is 1. The summed E-state index contributed by atoms with van der Waals surface area (Å²) in [5.41, 5.74) is 7.90. The maximum absolute atomic E-state index is 12.1. The van der Waals surface area contributed by atoms with Crippen molar-refractivity contribution in [1.82, 2.24) is 9.99 Å². The first-order valence-electron chi connectivity index (χ1n) is 8.70. The van der Waals surface area contributed by atoms with Crippen molar-refractivity contribution in [3.63, 3.8) is 0 Å². The number of aryl methyl sites for hydroxylation is 2. The molecule has 1 heterocycles. The number of benzene rings is 2. The van der Waals surface area contributed by atoms with Crippen LogP contribution in [-0.2, 0) is 0 Å². The van der Waals surface area contributed by atoms with Crippen LogP contribution in [0.2, 0.25) is 0 Å². The summed E-state index contributed by atoms with van der Waals surface area (Å²) in [6.07, 6.45) is 1.60. The van der Waals surface area contributed by atoms with Crippen LogP contribution in [0.5, 0.6) is 0 Å². The highest BCUT2D eigenvalue weighted by molar-refractivity contribution is 5.95. The molecule has 0 aliphatic carbocycles. The summed E-state index contributed by atoms with van der Waals surface area (Å²) in [7, 11) is 0. The number of hydrogen-bond acceptors (Lipinski definition) is 4. The van der Waals surface area contributed by atoms with Gasteiger partial charge in [-0.25, -0.2) is 5.43 Å². The van der Waals surface area contributed by atoms with E-state index >= 15 is 0 Å². The topological polar surface area (TPSA) is 89.5 Å². The summed E-state index contributed by atoms with van der Waals surface area (Å²) in [6, 6.07) is 15.6. The predicted molar refractivity (Wildman–Crippen MR) is 108 cm³/mol. The number of hydrogen-bond donors (Lipinski definition) is 1. The fourth-order valence-corrected chi connectivity index (χ4v) is 3.04. The first kappa shape index (κ1) is 19.0. The van der Waals surface area contributed by atoms with E-state index in [0.717, 1.165) is 22.6 Å². The Morgan fingerprint density at radius 1 is 1.11 bits per heavy atom. The van der Waals surface area contributed by atoms with Crippen molar-refractivity contribution in [3.05, 3.63) is 92.8 Å². The van der Waals surface area contributed by atoms with Gasteiger partial charge in [0.2, 0.25) is 0 Å². The Morgan fingerprint density at radius 2 is 1.82 bits per heavy atom. The van der Waals surface area contributed by atoms with Gasteiger partial charge in [0.05, 0.1) is 11.1 Å². The van der Waals surface area contributed by atoms with Crippen molar-refractivity contribution in [2.75, 3.05) is 0 Å². The van der Waals surface area contributed by atoms with E-state index in [2.05, 4.69) is 21.2 Å². The third kappa shape index (κ3) is 3.98. The van der Waals surface area contributed by atoms with Gasteiger partial charge in [0, 0.05) is 40.3 Å². The first-order valence-corrected chi connectivity index (χ1v) is 8.70. The zero-order valence-electron chi connectivity index (χ0n) is 15.8. The monoisotopic (exact) mass is 376 g/mol. The van der Waals surface area contributed by atoms with Crippen LogP contribution in [0, 0.1) is 30.9 Å². The number of hydrazone groups is 1. The normalized spacial score (nSPS) is 11.0. The second-order valence-corrected chi connectivity index (χ2v) is 6.50. The van der Waals surface area contributed by atoms with Crippen LogP contribution in [0.15, 0.2) is 59.7 Å². The third-order valence-electron chi connectivity index (χ3n) is 4.44. The minimum absolute atomic E-state index is 0.0661. The largest absolute Gasteiger partial charge is 0.318 e. The number of rotatable bonds is 5. The minimum atomic E-state index is -0.510. The lowest BCUT2D eigenvalue weighted by Crippen LogP contribution is -2.17. The molecule has 7 heteroatoms. The summed E-state index contributed by atoms with van der Waals surface area (Å²) in [6.45, 7) is 6.06. The quantitative estimate of drug-likeness (QED) is 0.413. The molecule has 2 aromatic carbocycles. The van der Waals surface area contributed by atoms with Gasteiger partial charge in [0.15, 0.2) is 0 Å². The van der Waals surface area contributed by atoms with Gasteiger partial charge in [0.25, 0.3) is 11.6 Å². The summed E-state index contributed by atoms with van der Waals surface area (Å²) in [4.78, 5) is 22.3. The Labute approximate surface area is 162 Å². The van der Waals surface area contributed by atoms with Crippen LogP contribution in [0.1, 0.15) is 32.9 Å².